The molecular formula is C25H24Cl2N6O. The molecule has 0 amide bonds. The van der Waals surface area contributed by atoms with Gasteiger partial charge in [-0.2, -0.15) is 0 Å². The lowest BCUT2D eigenvalue weighted by Crippen LogP contribution is -2.43. The van der Waals surface area contributed by atoms with E-state index >= 15 is 0 Å². The second-order valence-corrected chi connectivity index (χ2v) is 9.29. The molecule has 34 heavy (non-hydrogen) atoms. The van der Waals surface area contributed by atoms with E-state index in [9.17, 15) is 4.79 Å². The van der Waals surface area contributed by atoms with E-state index in [1.807, 2.05) is 12.1 Å². The minimum Gasteiger partial charge on any atom is -0.340 e. The molecule has 7 nitrogen and oxygen atoms in total. The minimum atomic E-state index is -0.285. The maximum atomic E-state index is 13.1. The third-order valence-corrected chi connectivity index (χ3v) is 6.66. The molecule has 174 valence electrons. The zero-order valence-corrected chi connectivity index (χ0v) is 20.2. The van der Waals surface area contributed by atoms with Crippen LogP contribution in [0.5, 0.6) is 0 Å². The predicted molar refractivity (Wildman–Crippen MR) is 138 cm³/mol. The number of hydrogen-bond acceptors (Lipinski definition) is 6. The third-order valence-electron chi connectivity index (χ3n) is 6.05. The van der Waals surface area contributed by atoms with E-state index in [0.717, 1.165) is 38.4 Å². The Hall–Kier alpha value is -2.97. The van der Waals surface area contributed by atoms with Crippen molar-refractivity contribution in [3.63, 3.8) is 0 Å². The first-order valence-electron chi connectivity index (χ1n) is 11.1. The summed E-state index contributed by atoms with van der Waals surface area (Å²) in [5.74, 6) is 0.611. The van der Waals surface area contributed by atoms with E-state index in [4.69, 9.17) is 23.2 Å². The summed E-state index contributed by atoms with van der Waals surface area (Å²) in [6.45, 7) is 5.35. The fourth-order valence-corrected chi connectivity index (χ4v) is 4.65. The maximum absolute atomic E-state index is 13.1. The van der Waals surface area contributed by atoms with Gasteiger partial charge in [-0.1, -0.05) is 41.4 Å². The Kier molecular flexibility index (Phi) is 6.52. The van der Waals surface area contributed by atoms with Crippen LogP contribution in [0.3, 0.4) is 0 Å². The number of likely N-dealkylation sites (N-methyl/N-ethyl adjacent to an activating group) is 1. The second kappa shape index (κ2) is 9.72. The summed E-state index contributed by atoms with van der Waals surface area (Å²) in [4.78, 5) is 26.8. The summed E-state index contributed by atoms with van der Waals surface area (Å²) < 4.78 is 1.35. The van der Waals surface area contributed by atoms with E-state index in [2.05, 4.69) is 44.3 Å². The van der Waals surface area contributed by atoms with Gasteiger partial charge in [-0.25, -0.2) is 9.97 Å². The molecule has 4 aromatic rings. The molecule has 0 bridgehead atoms. The average molecular weight is 495 g/mol. The van der Waals surface area contributed by atoms with Crippen LogP contribution in [-0.4, -0.2) is 57.6 Å². The number of nitrogens with zero attached hydrogens (tertiary/aromatic N) is 5. The molecular weight excluding hydrogens is 471 g/mol. The Labute approximate surface area is 207 Å². The number of fused-ring (bicyclic) bond motifs is 1. The average Bonchev–Trinajstić information content (AvgIpc) is 2.83. The van der Waals surface area contributed by atoms with Crippen molar-refractivity contribution in [2.24, 2.45) is 0 Å². The fourth-order valence-electron chi connectivity index (χ4n) is 4.07. The molecule has 0 saturated carbocycles. The van der Waals surface area contributed by atoms with Crippen LogP contribution in [0.15, 0.2) is 65.8 Å². The van der Waals surface area contributed by atoms with E-state index in [0.29, 0.717) is 32.5 Å². The SMILES string of the molecule is CN1CCN(Cc2ccc(Nc3cc4ncn(-c5c(Cl)cccc5Cl)c(=O)c4cn3)cc2)CC1. The van der Waals surface area contributed by atoms with E-state index < -0.39 is 0 Å². The molecule has 1 saturated heterocycles. The normalized spacial score (nSPS) is 15.0. The number of pyridine rings is 1. The number of piperazine rings is 1. The van der Waals surface area contributed by atoms with Crippen molar-refractivity contribution < 1.29 is 0 Å². The van der Waals surface area contributed by atoms with Crippen molar-refractivity contribution in [3.8, 4) is 5.69 Å². The highest BCUT2D eigenvalue weighted by Crippen LogP contribution is 2.27. The van der Waals surface area contributed by atoms with Gasteiger partial charge < -0.3 is 10.2 Å². The van der Waals surface area contributed by atoms with Crippen molar-refractivity contribution in [1.29, 1.82) is 0 Å². The smallest absolute Gasteiger partial charge is 0.267 e. The van der Waals surface area contributed by atoms with E-state index in [1.54, 1.807) is 24.3 Å². The van der Waals surface area contributed by atoms with Crippen LogP contribution in [0.25, 0.3) is 16.6 Å². The van der Waals surface area contributed by atoms with Gasteiger partial charge in [0.1, 0.15) is 12.1 Å². The molecule has 9 heteroatoms. The van der Waals surface area contributed by atoms with Crippen molar-refractivity contribution >= 4 is 45.6 Å². The molecule has 2 aromatic heterocycles. The molecule has 0 unspecified atom stereocenters. The summed E-state index contributed by atoms with van der Waals surface area (Å²) in [7, 11) is 2.16. The molecule has 3 heterocycles. The summed E-state index contributed by atoms with van der Waals surface area (Å²) in [6, 6.07) is 15.2. The van der Waals surface area contributed by atoms with Crippen LogP contribution in [0.2, 0.25) is 10.0 Å². The molecule has 1 fully saturated rings. The Bertz CT molecular complexity index is 1360. The van der Waals surface area contributed by atoms with Crippen LogP contribution < -0.4 is 10.9 Å². The topological polar surface area (TPSA) is 66.3 Å². The highest BCUT2D eigenvalue weighted by Gasteiger charge is 2.15. The second-order valence-electron chi connectivity index (χ2n) is 8.48. The van der Waals surface area contributed by atoms with Gasteiger partial charge in [-0.15, -0.1) is 0 Å². The predicted octanol–water partition coefficient (Wildman–Crippen LogP) is 4.58. The quantitative estimate of drug-likeness (QED) is 0.438. The van der Waals surface area contributed by atoms with Crippen LogP contribution in [0.1, 0.15) is 5.56 Å². The Balaban J connectivity index is 1.33. The number of hydrogen-bond donors (Lipinski definition) is 1. The van der Waals surface area contributed by atoms with Gasteiger partial charge in [0.05, 0.1) is 26.6 Å². The van der Waals surface area contributed by atoms with Crippen LogP contribution in [0.4, 0.5) is 11.5 Å². The highest BCUT2D eigenvalue weighted by atomic mass is 35.5. The molecule has 1 aliphatic heterocycles. The minimum absolute atomic E-state index is 0.285. The summed E-state index contributed by atoms with van der Waals surface area (Å²) in [6.07, 6.45) is 2.96. The number of halogens is 2. The van der Waals surface area contributed by atoms with Crippen LogP contribution in [0, 0.1) is 0 Å². The van der Waals surface area contributed by atoms with Gasteiger partial charge in [0.15, 0.2) is 0 Å². The first kappa shape index (κ1) is 22.8. The van der Waals surface area contributed by atoms with Crippen LogP contribution in [-0.2, 0) is 6.54 Å². The first-order valence-corrected chi connectivity index (χ1v) is 11.8. The van der Waals surface area contributed by atoms with Gasteiger partial charge >= 0.3 is 0 Å². The van der Waals surface area contributed by atoms with Gasteiger partial charge in [0, 0.05) is 50.7 Å². The number of rotatable bonds is 5. The Morgan fingerprint density at radius 1 is 0.971 bits per heavy atom. The lowest BCUT2D eigenvalue weighted by Gasteiger charge is -2.32. The van der Waals surface area contributed by atoms with Crippen molar-refractivity contribution in [3.05, 3.63) is 87.0 Å². The number of anilines is 2. The highest BCUT2D eigenvalue weighted by molar-refractivity contribution is 6.37. The lowest BCUT2D eigenvalue weighted by molar-refractivity contribution is 0.148. The van der Waals surface area contributed by atoms with Crippen LogP contribution >= 0.6 is 23.2 Å². The summed E-state index contributed by atoms with van der Waals surface area (Å²) in [5, 5.41) is 4.42. The monoisotopic (exact) mass is 494 g/mol. The Morgan fingerprint density at radius 3 is 2.38 bits per heavy atom. The van der Waals surface area contributed by atoms with Crippen molar-refractivity contribution in [2.45, 2.75) is 6.54 Å². The van der Waals surface area contributed by atoms with Crippen molar-refractivity contribution in [2.75, 3.05) is 38.5 Å². The van der Waals surface area contributed by atoms with Gasteiger partial charge in [-0.05, 0) is 36.9 Å². The number of para-hydroxylation sites is 1. The molecule has 2 aromatic carbocycles. The Morgan fingerprint density at radius 2 is 1.68 bits per heavy atom. The summed E-state index contributed by atoms with van der Waals surface area (Å²) >= 11 is 12.5. The molecule has 0 radical (unpaired) electrons. The molecule has 1 N–H and O–H groups in total. The number of nitrogens with one attached hydrogen (secondary N) is 1. The molecule has 0 spiro atoms. The standard InChI is InChI=1S/C25H24Cl2N6O/c1-31-9-11-32(12-10-31)15-17-5-7-18(8-6-17)30-23-13-22-19(14-28-23)25(34)33(16-29-22)24-20(26)3-2-4-21(24)27/h2-8,13-14,16H,9-12,15H2,1H3,(H,28,30). The zero-order chi connectivity index (χ0) is 23.7. The summed E-state index contributed by atoms with van der Waals surface area (Å²) in [5.41, 5.74) is 2.86. The van der Waals surface area contributed by atoms with Crippen molar-refractivity contribution in [1.82, 2.24) is 24.3 Å². The largest absolute Gasteiger partial charge is 0.340 e. The number of aromatic nitrogens is 3. The van der Waals surface area contributed by atoms with Gasteiger partial charge in [-0.3, -0.25) is 14.3 Å². The zero-order valence-electron chi connectivity index (χ0n) is 18.7. The molecule has 0 atom stereocenters. The molecule has 0 aliphatic carbocycles. The van der Waals surface area contributed by atoms with E-state index in [1.165, 1.54) is 22.7 Å². The van der Waals surface area contributed by atoms with Gasteiger partial charge in [0.25, 0.3) is 5.56 Å². The maximum Gasteiger partial charge on any atom is 0.267 e. The van der Waals surface area contributed by atoms with E-state index in [-0.39, 0.29) is 5.56 Å². The number of benzene rings is 2. The fraction of sp³-hybridized carbons (Fsp3) is 0.240. The van der Waals surface area contributed by atoms with Gasteiger partial charge in [0.2, 0.25) is 0 Å². The third kappa shape index (κ3) is 4.79. The molecule has 1 aliphatic rings. The first-order chi connectivity index (χ1) is 16.5. The lowest BCUT2D eigenvalue weighted by atomic mass is 10.1. The molecule has 5 rings (SSSR count).